The molecule has 12 heteroatoms. The second-order valence-electron chi connectivity index (χ2n) is 8.77. The van der Waals surface area contributed by atoms with E-state index in [1.807, 2.05) is 37.3 Å². The van der Waals surface area contributed by atoms with Crippen LogP contribution in [-0.4, -0.2) is 47.7 Å². The molecular weight excluding hydrogens is 603 g/mol. The standard InChI is InChI=1S/C30H26Cl2N2O7S/c1-3-39-24-13-19(12-23(32)27(24)41-17-18-8-6-5-7-9-18)14-25-28(36)34(30(38)42-25)16-26(35)33-20-10-11-22(31)21(15-20)29(37)40-4-2/h5-15H,3-4,16-17H2,1-2H3,(H,33,35)/b25-14-. The SMILES string of the molecule is CCOC(=O)c1cc(NC(=O)CN2C(=O)S/C(=C\c3cc(Cl)c(OCc4ccccc4)c(OCC)c3)C2=O)ccc1Cl. The van der Waals surface area contributed by atoms with E-state index in [2.05, 4.69) is 5.32 Å². The monoisotopic (exact) mass is 628 g/mol. The Morgan fingerprint density at radius 2 is 1.71 bits per heavy atom. The number of hydrogen-bond acceptors (Lipinski definition) is 8. The Hall–Kier alpha value is -3.99. The van der Waals surface area contributed by atoms with E-state index >= 15 is 0 Å². The smallest absolute Gasteiger partial charge is 0.339 e. The van der Waals surface area contributed by atoms with Crippen molar-refractivity contribution in [2.75, 3.05) is 25.1 Å². The first-order chi connectivity index (χ1) is 20.2. The molecule has 0 saturated carbocycles. The zero-order valence-corrected chi connectivity index (χ0v) is 25.0. The van der Waals surface area contributed by atoms with Gasteiger partial charge in [0.1, 0.15) is 13.2 Å². The van der Waals surface area contributed by atoms with Crippen LogP contribution in [0.25, 0.3) is 6.08 Å². The van der Waals surface area contributed by atoms with E-state index in [0.29, 0.717) is 35.4 Å². The molecular formula is C30H26Cl2N2O7S. The molecule has 3 amide bonds. The molecule has 0 aromatic heterocycles. The van der Waals surface area contributed by atoms with Gasteiger partial charge in [-0.1, -0.05) is 53.5 Å². The fourth-order valence-electron chi connectivity index (χ4n) is 3.90. The number of thioether (sulfide) groups is 1. The van der Waals surface area contributed by atoms with Crippen LogP contribution in [0.2, 0.25) is 10.0 Å². The lowest BCUT2D eigenvalue weighted by molar-refractivity contribution is -0.127. The molecule has 9 nitrogen and oxygen atoms in total. The zero-order valence-electron chi connectivity index (χ0n) is 22.6. The Morgan fingerprint density at radius 1 is 0.952 bits per heavy atom. The Balaban J connectivity index is 1.47. The number of ether oxygens (including phenoxy) is 3. The van der Waals surface area contributed by atoms with Crippen molar-refractivity contribution in [1.82, 2.24) is 4.90 Å². The van der Waals surface area contributed by atoms with Crippen molar-refractivity contribution in [2.24, 2.45) is 0 Å². The fraction of sp³-hybridized carbons (Fsp3) is 0.200. The number of halogens is 2. The average Bonchev–Trinajstić information content (AvgIpc) is 3.21. The highest BCUT2D eigenvalue weighted by atomic mass is 35.5. The summed E-state index contributed by atoms with van der Waals surface area (Å²) in [5.41, 5.74) is 1.79. The van der Waals surface area contributed by atoms with Gasteiger partial charge in [0.15, 0.2) is 11.5 Å². The van der Waals surface area contributed by atoms with Crippen LogP contribution in [-0.2, 0) is 20.9 Å². The van der Waals surface area contributed by atoms with E-state index in [1.54, 1.807) is 19.1 Å². The van der Waals surface area contributed by atoms with Crippen LogP contribution >= 0.6 is 35.0 Å². The van der Waals surface area contributed by atoms with Gasteiger partial charge in [-0.05, 0) is 73.1 Å². The van der Waals surface area contributed by atoms with Gasteiger partial charge in [0, 0.05) is 5.69 Å². The first kappa shape index (κ1) is 31.0. The Morgan fingerprint density at radius 3 is 2.43 bits per heavy atom. The van der Waals surface area contributed by atoms with E-state index in [1.165, 1.54) is 24.3 Å². The average molecular weight is 630 g/mol. The predicted octanol–water partition coefficient (Wildman–Crippen LogP) is 6.82. The van der Waals surface area contributed by atoms with Crippen molar-refractivity contribution in [2.45, 2.75) is 20.5 Å². The zero-order chi connectivity index (χ0) is 30.2. The van der Waals surface area contributed by atoms with Crippen LogP contribution in [0.4, 0.5) is 10.5 Å². The molecule has 3 aromatic carbocycles. The maximum Gasteiger partial charge on any atom is 0.339 e. The van der Waals surface area contributed by atoms with Gasteiger partial charge >= 0.3 is 5.97 Å². The van der Waals surface area contributed by atoms with Crippen LogP contribution in [0.3, 0.4) is 0 Å². The highest BCUT2D eigenvalue weighted by Gasteiger charge is 2.36. The lowest BCUT2D eigenvalue weighted by Gasteiger charge is -2.15. The van der Waals surface area contributed by atoms with Crippen LogP contribution in [0, 0.1) is 0 Å². The van der Waals surface area contributed by atoms with Crippen molar-refractivity contribution in [1.29, 1.82) is 0 Å². The molecule has 4 rings (SSSR count). The van der Waals surface area contributed by atoms with Gasteiger partial charge in [-0.2, -0.15) is 0 Å². The maximum atomic E-state index is 13.1. The molecule has 0 bridgehead atoms. The third kappa shape index (κ3) is 7.64. The Kier molecular flexibility index (Phi) is 10.5. The number of anilines is 1. The molecule has 1 saturated heterocycles. The maximum absolute atomic E-state index is 13.1. The number of nitrogens with one attached hydrogen (secondary N) is 1. The number of benzene rings is 3. The molecule has 0 spiro atoms. The molecule has 1 aliphatic rings. The summed E-state index contributed by atoms with van der Waals surface area (Å²) in [4.78, 5) is 51.4. The first-order valence-corrected chi connectivity index (χ1v) is 14.4. The second kappa shape index (κ2) is 14.3. The van der Waals surface area contributed by atoms with Crippen molar-refractivity contribution in [3.63, 3.8) is 0 Å². The minimum atomic E-state index is -0.641. The van der Waals surface area contributed by atoms with Crippen molar-refractivity contribution < 1.29 is 33.4 Å². The molecule has 1 aliphatic heterocycles. The van der Waals surface area contributed by atoms with E-state index in [-0.39, 0.29) is 39.4 Å². The normalized spacial score (nSPS) is 13.8. The Labute approximate surface area is 256 Å². The summed E-state index contributed by atoms with van der Waals surface area (Å²) in [6.07, 6.45) is 1.50. The number of esters is 1. The van der Waals surface area contributed by atoms with Crippen LogP contribution in [0.5, 0.6) is 11.5 Å². The summed E-state index contributed by atoms with van der Waals surface area (Å²) >= 11 is 13.3. The summed E-state index contributed by atoms with van der Waals surface area (Å²) in [6, 6.07) is 17.1. The summed E-state index contributed by atoms with van der Waals surface area (Å²) in [5, 5.41) is 2.39. The summed E-state index contributed by atoms with van der Waals surface area (Å²) in [6.45, 7) is 3.73. The number of imide groups is 1. The summed E-state index contributed by atoms with van der Waals surface area (Å²) < 4.78 is 16.6. The topological polar surface area (TPSA) is 111 Å². The van der Waals surface area contributed by atoms with Crippen molar-refractivity contribution >= 4 is 69.8 Å². The van der Waals surface area contributed by atoms with Gasteiger partial charge in [0.05, 0.1) is 33.7 Å². The Bertz CT molecular complexity index is 1550. The molecule has 0 aliphatic carbocycles. The van der Waals surface area contributed by atoms with Crippen LogP contribution in [0.1, 0.15) is 35.3 Å². The molecule has 0 unspecified atom stereocenters. The van der Waals surface area contributed by atoms with E-state index in [0.717, 1.165) is 10.5 Å². The van der Waals surface area contributed by atoms with Gasteiger partial charge in [0.2, 0.25) is 5.91 Å². The van der Waals surface area contributed by atoms with Gasteiger partial charge in [-0.15, -0.1) is 0 Å². The van der Waals surface area contributed by atoms with Crippen molar-refractivity contribution in [3.05, 3.63) is 92.3 Å². The van der Waals surface area contributed by atoms with E-state index in [9.17, 15) is 19.2 Å². The molecule has 42 heavy (non-hydrogen) atoms. The van der Waals surface area contributed by atoms with Gasteiger partial charge < -0.3 is 19.5 Å². The molecule has 0 atom stereocenters. The minimum absolute atomic E-state index is 0.0759. The summed E-state index contributed by atoms with van der Waals surface area (Å²) in [5.74, 6) is -1.18. The summed E-state index contributed by atoms with van der Waals surface area (Å²) in [7, 11) is 0. The van der Waals surface area contributed by atoms with E-state index < -0.39 is 29.6 Å². The molecule has 218 valence electrons. The minimum Gasteiger partial charge on any atom is -0.490 e. The highest BCUT2D eigenvalue weighted by Crippen LogP contribution is 2.39. The third-order valence-electron chi connectivity index (χ3n) is 5.78. The lowest BCUT2D eigenvalue weighted by Crippen LogP contribution is -2.36. The fourth-order valence-corrected chi connectivity index (χ4v) is 5.21. The number of carbonyl (C=O) groups excluding carboxylic acids is 4. The molecule has 3 aromatic rings. The number of carbonyl (C=O) groups is 4. The van der Waals surface area contributed by atoms with Gasteiger partial charge in [-0.3, -0.25) is 19.3 Å². The molecule has 1 heterocycles. The molecule has 1 fully saturated rings. The van der Waals surface area contributed by atoms with Crippen LogP contribution in [0.15, 0.2) is 65.6 Å². The van der Waals surface area contributed by atoms with Crippen molar-refractivity contribution in [3.8, 4) is 11.5 Å². The molecule has 0 radical (unpaired) electrons. The lowest BCUT2D eigenvalue weighted by atomic mass is 10.1. The van der Waals surface area contributed by atoms with Crippen LogP contribution < -0.4 is 14.8 Å². The second-order valence-corrected chi connectivity index (χ2v) is 10.6. The quantitative estimate of drug-likeness (QED) is 0.182. The first-order valence-electron chi connectivity index (χ1n) is 12.8. The molecule has 1 N–H and O–H groups in total. The van der Waals surface area contributed by atoms with Gasteiger partial charge in [0.25, 0.3) is 11.1 Å². The predicted molar refractivity (Wildman–Crippen MR) is 162 cm³/mol. The van der Waals surface area contributed by atoms with E-state index in [4.69, 9.17) is 37.4 Å². The number of nitrogens with zero attached hydrogens (tertiary/aromatic N) is 1. The number of hydrogen-bond donors (Lipinski definition) is 1. The number of amides is 3. The highest BCUT2D eigenvalue weighted by molar-refractivity contribution is 8.18. The van der Waals surface area contributed by atoms with Gasteiger partial charge in [-0.25, -0.2) is 4.79 Å². The number of rotatable bonds is 11. The third-order valence-corrected chi connectivity index (χ3v) is 7.29. The largest absolute Gasteiger partial charge is 0.490 e.